The van der Waals surface area contributed by atoms with Crippen LogP contribution >= 0.6 is 11.8 Å². The molecule has 120 valence electrons. The Hall–Kier alpha value is -0.710. The van der Waals surface area contributed by atoms with Crippen molar-refractivity contribution in [2.45, 2.75) is 44.6 Å². The Bertz CT molecular complexity index is 360. The molecule has 4 heteroatoms. The van der Waals surface area contributed by atoms with Gasteiger partial charge in [-0.2, -0.15) is 11.8 Å². The second-order valence-corrected chi connectivity index (χ2v) is 6.69. The Morgan fingerprint density at radius 1 is 1.33 bits per heavy atom. The van der Waals surface area contributed by atoms with E-state index in [9.17, 15) is 10.2 Å². The van der Waals surface area contributed by atoms with Gasteiger partial charge in [0.1, 0.15) is 5.76 Å². The van der Waals surface area contributed by atoms with Gasteiger partial charge in [-0.25, -0.2) is 0 Å². The van der Waals surface area contributed by atoms with Crippen LogP contribution in [-0.4, -0.2) is 34.4 Å². The third kappa shape index (κ3) is 7.74. The molecular weight excluding hydrogens is 282 g/mol. The van der Waals surface area contributed by atoms with E-state index < -0.39 is 6.10 Å². The maximum atomic E-state index is 10.1. The van der Waals surface area contributed by atoms with E-state index >= 15 is 0 Å². The van der Waals surface area contributed by atoms with Crippen LogP contribution in [0.3, 0.4) is 0 Å². The minimum Gasteiger partial charge on any atom is -0.508 e. The maximum Gasteiger partial charge on any atom is 0.115 e. The summed E-state index contributed by atoms with van der Waals surface area (Å²) in [5, 5.41) is 19.6. The molecule has 0 aromatic rings. The Morgan fingerprint density at radius 2 is 2.05 bits per heavy atom. The van der Waals surface area contributed by atoms with Crippen LogP contribution in [0.25, 0.3) is 0 Å². The molecule has 0 aromatic heterocycles. The van der Waals surface area contributed by atoms with Crippen molar-refractivity contribution in [2.75, 3.05) is 18.1 Å². The number of hydrogen-bond donors (Lipinski definition) is 3. The van der Waals surface area contributed by atoms with Crippen LogP contribution < -0.4 is 5.73 Å². The first-order valence-corrected chi connectivity index (χ1v) is 9.01. The summed E-state index contributed by atoms with van der Waals surface area (Å²) >= 11 is 1.90. The average Bonchev–Trinajstić information content (AvgIpc) is 2.51. The number of nitrogens with two attached hydrogens (primary N) is 1. The molecule has 0 saturated heterocycles. The number of thioether (sulfide) groups is 1. The van der Waals surface area contributed by atoms with E-state index in [2.05, 4.69) is 6.58 Å². The van der Waals surface area contributed by atoms with Gasteiger partial charge in [0, 0.05) is 5.75 Å². The molecule has 3 nitrogen and oxygen atoms in total. The summed E-state index contributed by atoms with van der Waals surface area (Å²) in [5.74, 6) is 2.98. The molecule has 1 unspecified atom stereocenters. The summed E-state index contributed by atoms with van der Waals surface area (Å²) in [7, 11) is 0. The highest BCUT2D eigenvalue weighted by molar-refractivity contribution is 7.99. The van der Waals surface area contributed by atoms with Crippen LogP contribution in [0.4, 0.5) is 0 Å². The van der Waals surface area contributed by atoms with E-state index in [-0.39, 0.29) is 5.76 Å². The van der Waals surface area contributed by atoms with Gasteiger partial charge in [-0.05, 0) is 55.2 Å². The highest BCUT2D eigenvalue weighted by Crippen LogP contribution is 2.27. The first-order chi connectivity index (χ1) is 10.2. The monoisotopic (exact) mass is 311 g/mol. The number of aliphatic hydroxyl groups is 2. The predicted octanol–water partition coefficient (Wildman–Crippen LogP) is 3.56. The lowest BCUT2D eigenvalue weighted by molar-refractivity contribution is 0.206. The summed E-state index contributed by atoms with van der Waals surface area (Å²) in [4.78, 5) is 0. The number of hydrogen-bond acceptors (Lipinski definition) is 4. The third-order valence-corrected chi connectivity index (χ3v) is 4.97. The zero-order valence-corrected chi connectivity index (χ0v) is 13.7. The van der Waals surface area contributed by atoms with Crippen molar-refractivity contribution in [3.8, 4) is 0 Å². The number of aliphatic hydroxyl groups excluding tert-OH is 2. The first kappa shape index (κ1) is 18.3. The zero-order valence-electron chi connectivity index (χ0n) is 12.8. The fraction of sp³-hybridized carbons (Fsp3) is 0.647. The van der Waals surface area contributed by atoms with Crippen LogP contribution in [-0.2, 0) is 0 Å². The fourth-order valence-electron chi connectivity index (χ4n) is 2.59. The smallest absolute Gasteiger partial charge is 0.115 e. The minimum atomic E-state index is -0.618. The summed E-state index contributed by atoms with van der Waals surface area (Å²) in [5.41, 5.74) is 6.22. The minimum absolute atomic E-state index is 0.0783. The van der Waals surface area contributed by atoms with E-state index in [0.29, 0.717) is 13.0 Å². The zero-order chi connectivity index (χ0) is 15.5. The van der Waals surface area contributed by atoms with Crippen LogP contribution in [0.5, 0.6) is 0 Å². The molecule has 21 heavy (non-hydrogen) atoms. The topological polar surface area (TPSA) is 66.5 Å². The Labute approximate surface area is 133 Å². The molecule has 1 aliphatic rings. The highest BCUT2D eigenvalue weighted by Gasteiger charge is 2.13. The van der Waals surface area contributed by atoms with Crippen LogP contribution in [0.1, 0.15) is 38.5 Å². The molecule has 1 atom stereocenters. The van der Waals surface area contributed by atoms with Gasteiger partial charge in [-0.1, -0.05) is 31.9 Å². The second-order valence-electron chi connectivity index (χ2n) is 5.61. The van der Waals surface area contributed by atoms with Crippen LogP contribution in [0, 0.1) is 5.92 Å². The Kier molecular flexibility index (Phi) is 9.55. The molecule has 0 bridgehead atoms. The molecule has 0 radical (unpaired) electrons. The lowest BCUT2D eigenvalue weighted by atomic mass is 9.91. The quantitative estimate of drug-likeness (QED) is 0.346. The average molecular weight is 311 g/mol. The van der Waals surface area contributed by atoms with Gasteiger partial charge in [-0.3, -0.25) is 0 Å². The molecule has 0 aromatic carbocycles. The second kappa shape index (κ2) is 10.9. The van der Waals surface area contributed by atoms with E-state index in [4.69, 9.17) is 5.73 Å². The highest BCUT2D eigenvalue weighted by atomic mass is 32.2. The van der Waals surface area contributed by atoms with Crippen molar-refractivity contribution in [3.05, 3.63) is 36.1 Å². The van der Waals surface area contributed by atoms with Crippen molar-refractivity contribution in [1.82, 2.24) is 0 Å². The Balaban J connectivity index is 2.46. The lowest BCUT2D eigenvalue weighted by Gasteiger charge is -2.20. The van der Waals surface area contributed by atoms with E-state index in [1.54, 1.807) is 6.08 Å². The lowest BCUT2D eigenvalue weighted by Crippen LogP contribution is -2.15. The van der Waals surface area contributed by atoms with Gasteiger partial charge >= 0.3 is 0 Å². The fourth-order valence-corrected chi connectivity index (χ4v) is 3.70. The molecule has 4 N–H and O–H groups in total. The molecule has 0 spiro atoms. The molecule has 1 rings (SSSR count). The Morgan fingerprint density at radius 3 is 2.67 bits per heavy atom. The van der Waals surface area contributed by atoms with E-state index in [1.807, 2.05) is 17.8 Å². The van der Waals surface area contributed by atoms with Gasteiger partial charge in [0.25, 0.3) is 0 Å². The van der Waals surface area contributed by atoms with Gasteiger partial charge in [0.2, 0.25) is 0 Å². The largest absolute Gasteiger partial charge is 0.508 e. The van der Waals surface area contributed by atoms with Gasteiger partial charge in [0.05, 0.1) is 6.10 Å². The molecule has 0 aliphatic heterocycles. The van der Waals surface area contributed by atoms with Crippen molar-refractivity contribution in [3.63, 3.8) is 0 Å². The molecule has 0 heterocycles. The van der Waals surface area contributed by atoms with Crippen molar-refractivity contribution >= 4 is 11.8 Å². The standard InChI is InChI=1S/C17H29NO2S/c1-2-16(19)12-15(17(20)8-10-18)9-11-21-13-14-6-4-3-5-7-14/h2,9,12,14,17,19-20H,1,3-8,10-11,13,18H2/b15-9+,16-12+. The third-order valence-electron chi connectivity index (χ3n) is 3.86. The maximum absolute atomic E-state index is 10.1. The van der Waals surface area contributed by atoms with Gasteiger partial charge in [0.15, 0.2) is 0 Å². The summed E-state index contributed by atoms with van der Waals surface area (Å²) in [6, 6.07) is 0. The molecule has 0 amide bonds. The number of allylic oxidation sites excluding steroid dienone is 1. The first-order valence-electron chi connectivity index (χ1n) is 7.86. The summed E-state index contributed by atoms with van der Waals surface area (Å²) in [6.07, 6.45) is 11.7. The summed E-state index contributed by atoms with van der Waals surface area (Å²) < 4.78 is 0. The normalized spacial score (nSPS) is 19.5. The predicted molar refractivity (Wildman–Crippen MR) is 92.6 cm³/mol. The molecular formula is C17H29NO2S. The molecule has 1 aliphatic carbocycles. The summed E-state index contributed by atoms with van der Waals surface area (Å²) in [6.45, 7) is 3.95. The van der Waals surface area contributed by atoms with Crippen molar-refractivity contribution in [1.29, 1.82) is 0 Å². The molecule has 1 saturated carbocycles. The molecule has 1 fully saturated rings. The SMILES string of the molecule is C=C/C(O)=C\C(=C/CSCC1CCCCC1)C(O)CCN. The van der Waals surface area contributed by atoms with E-state index in [1.165, 1.54) is 43.9 Å². The van der Waals surface area contributed by atoms with Crippen LogP contribution in [0.15, 0.2) is 36.1 Å². The van der Waals surface area contributed by atoms with Crippen molar-refractivity contribution in [2.24, 2.45) is 11.7 Å². The van der Waals surface area contributed by atoms with Gasteiger partial charge in [-0.15, -0.1) is 0 Å². The van der Waals surface area contributed by atoms with E-state index in [0.717, 1.165) is 17.2 Å². The van der Waals surface area contributed by atoms with Crippen LogP contribution in [0.2, 0.25) is 0 Å². The number of rotatable bonds is 9. The van der Waals surface area contributed by atoms with Crippen molar-refractivity contribution < 1.29 is 10.2 Å². The van der Waals surface area contributed by atoms with Gasteiger partial charge < -0.3 is 15.9 Å².